The minimum absolute atomic E-state index is 0.00381. The van der Waals surface area contributed by atoms with Crippen LogP contribution in [0.4, 0.5) is 10.5 Å². The largest absolute Gasteiger partial charge is 0.465 e. The van der Waals surface area contributed by atoms with Crippen molar-refractivity contribution in [1.29, 1.82) is 0 Å². The minimum atomic E-state index is -1.01. The number of benzene rings is 1. The number of nitro groups is 1. The molecule has 0 aromatic heterocycles. The Hall–Kier alpha value is -2.19. The highest BCUT2D eigenvalue weighted by Crippen LogP contribution is 2.24. The molecule has 0 radical (unpaired) electrons. The van der Waals surface area contributed by atoms with Gasteiger partial charge in [-0.15, -0.1) is 0 Å². The topological polar surface area (TPSA) is 119 Å². The second-order valence-electron chi connectivity index (χ2n) is 4.99. The molecule has 1 aliphatic rings. The summed E-state index contributed by atoms with van der Waals surface area (Å²) in [5, 5.41) is 19.9. The highest BCUT2D eigenvalue weighted by Gasteiger charge is 2.35. The van der Waals surface area contributed by atoms with Crippen LogP contribution >= 0.6 is 0 Å². The van der Waals surface area contributed by atoms with Crippen molar-refractivity contribution in [2.45, 2.75) is 31.4 Å². The summed E-state index contributed by atoms with van der Waals surface area (Å²) < 4.78 is 0. The van der Waals surface area contributed by atoms with Gasteiger partial charge in [0.2, 0.25) is 0 Å². The number of likely N-dealkylation sites (tertiary alicyclic amines) is 1. The number of rotatable bonds is 4. The molecule has 0 aliphatic carbocycles. The number of hydrogen-bond donors (Lipinski definition) is 2. The van der Waals surface area contributed by atoms with E-state index in [0.29, 0.717) is 25.8 Å². The fourth-order valence-corrected chi connectivity index (χ4v) is 2.65. The molecule has 1 aliphatic heterocycles. The second-order valence-corrected chi connectivity index (χ2v) is 4.99. The van der Waals surface area contributed by atoms with E-state index in [-0.39, 0.29) is 17.8 Å². The van der Waals surface area contributed by atoms with Crippen molar-refractivity contribution in [3.05, 3.63) is 39.9 Å². The van der Waals surface area contributed by atoms with E-state index >= 15 is 0 Å². The molecule has 114 valence electrons. The Labute approximate surface area is 121 Å². The quantitative estimate of drug-likeness (QED) is 0.642. The van der Waals surface area contributed by atoms with Crippen molar-refractivity contribution in [2.24, 2.45) is 5.90 Å². The molecule has 1 saturated heterocycles. The van der Waals surface area contributed by atoms with Crippen LogP contribution in [0.25, 0.3) is 0 Å². The monoisotopic (exact) mass is 295 g/mol. The predicted molar refractivity (Wildman–Crippen MR) is 73.6 cm³/mol. The van der Waals surface area contributed by atoms with Crippen LogP contribution in [-0.2, 0) is 11.3 Å². The molecule has 1 amide bonds. The summed E-state index contributed by atoms with van der Waals surface area (Å²) in [5.74, 6) is 5.26. The first-order chi connectivity index (χ1) is 10.0. The molecule has 1 aromatic carbocycles. The normalized spacial score (nSPS) is 22.0. The molecule has 8 nitrogen and oxygen atoms in total. The van der Waals surface area contributed by atoms with E-state index in [0.717, 1.165) is 5.56 Å². The van der Waals surface area contributed by atoms with Crippen LogP contribution in [0.15, 0.2) is 24.3 Å². The van der Waals surface area contributed by atoms with Crippen molar-refractivity contribution in [2.75, 3.05) is 6.54 Å². The number of nitrogens with zero attached hydrogens (tertiary/aromatic N) is 2. The van der Waals surface area contributed by atoms with E-state index < -0.39 is 11.0 Å². The van der Waals surface area contributed by atoms with Crippen LogP contribution < -0.4 is 5.90 Å². The molecule has 0 spiro atoms. The summed E-state index contributed by atoms with van der Waals surface area (Å²) in [6, 6.07) is 5.67. The molecule has 2 atom stereocenters. The number of piperidine rings is 1. The van der Waals surface area contributed by atoms with E-state index in [1.807, 2.05) is 0 Å². The Bertz CT molecular complexity index is 519. The molecule has 1 heterocycles. The zero-order chi connectivity index (χ0) is 15.4. The van der Waals surface area contributed by atoms with Gasteiger partial charge >= 0.3 is 6.09 Å². The van der Waals surface area contributed by atoms with Gasteiger partial charge in [-0.1, -0.05) is 12.1 Å². The average Bonchev–Trinajstić information content (AvgIpc) is 2.47. The van der Waals surface area contributed by atoms with E-state index in [2.05, 4.69) is 0 Å². The summed E-state index contributed by atoms with van der Waals surface area (Å²) >= 11 is 0. The van der Waals surface area contributed by atoms with Crippen LogP contribution in [0.2, 0.25) is 0 Å². The smallest absolute Gasteiger partial charge is 0.407 e. The van der Waals surface area contributed by atoms with Crippen LogP contribution in [0.3, 0.4) is 0 Å². The van der Waals surface area contributed by atoms with Crippen molar-refractivity contribution >= 4 is 11.8 Å². The van der Waals surface area contributed by atoms with Crippen LogP contribution in [-0.4, -0.2) is 39.7 Å². The molecule has 2 rings (SSSR count). The van der Waals surface area contributed by atoms with Gasteiger partial charge in [0.05, 0.1) is 17.1 Å². The highest BCUT2D eigenvalue weighted by molar-refractivity contribution is 5.65. The lowest BCUT2D eigenvalue weighted by molar-refractivity contribution is -0.384. The van der Waals surface area contributed by atoms with E-state index in [1.165, 1.54) is 17.0 Å². The number of nitro benzene ring substituents is 1. The minimum Gasteiger partial charge on any atom is -0.465 e. The van der Waals surface area contributed by atoms with Crippen LogP contribution in [0.5, 0.6) is 0 Å². The van der Waals surface area contributed by atoms with Gasteiger partial charge in [0, 0.05) is 18.7 Å². The highest BCUT2D eigenvalue weighted by atomic mass is 16.6. The Morgan fingerprint density at radius 3 is 2.67 bits per heavy atom. The van der Waals surface area contributed by atoms with Crippen LogP contribution in [0.1, 0.15) is 18.4 Å². The van der Waals surface area contributed by atoms with Gasteiger partial charge in [-0.05, 0) is 24.8 Å². The van der Waals surface area contributed by atoms with Gasteiger partial charge in [0.25, 0.3) is 5.69 Å². The Kier molecular flexibility index (Phi) is 4.71. The van der Waals surface area contributed by atoms with Gasteiger partial charge in [-0.3, -0.25) is 15.0 Å². The Morgan fingerprint density at radius 1 is 1.48 bits per heavy atom. The maximum atomic E-state index is 11.3. The third kappa shape index (κ3) is 3.47. The Morgan fingerprint density at radius 2 is 2.14 bits per heavy atom. The molecule has 0 bridgehead atoms. The molecular formula is C13H17N3O5. The molecule has 8 heteroatoms. The number of non-ortho nitro benzene ring substituents is 1. The third-order valence-electron chi connectivity index (χ3n) is 3.73. The van der Waals surface area contributed by atoms with Gasteiger partial charge in [-0.25, -0.2) is 10.7 Å². The van der Waals surface area contributed by atoms with Gasteiger partial charge in [0.1, 0.15) is 0 Å². The lowest BCUT2D eigenvalue weighted by Gasteiger charge is -2.38. The maximum Gasteiger partial charge on any atom is 0.407 e. The van der Waals surface area contributed by atoms with Gasteiger partial charge < -0.3 is 10.0 Å². The molecular weight excluding hydrogens is 278 g/mol. The summed E-state index contributed by atoms with van der Waals surface area (Å²) in [6.07, 6.45) is 0.420. The number of hydrogen-bond acceptors (Lipinski definition) is 5. The average molecular weight is 295 g/mol. The first-order valence-corrected chi connectivity index (χ1v) is 6.61. The number of carbonyl (C=O) groups is 1. The molecule has 21 heavy (non-hydrogen) atoms. The van der Waals surface area contributed by atoms with Crippen molar-refractivity contribution < 1.29 is 19.7 Å². The first-order valence-electron chi connectivity index (χ1n) is 6.61. The zero-order valence-corrected chi connectivity index (χ0v) is 11.3. The molecule has 1 aromatic rings. The first kappa shape index (κ1) is 15.2. The summed E-state index contributed by atoms with van der Waals surface area (Å²) in [6.45, 7) is 0.437. The number of amides is 1. The van der Waals surface area contributed by atoms with Crippen LogP contribution in [0, 0.1) is 10.1 Å². The number of nitrogens with two attached hydrogens (primary N) is 1. The van der Waals surface area contributed by atoms with Crippen molar-refractivity contribution in [3.63, 3.8) is 0 Å². The second kappa shape index (κ2) is 6.51. The molecule has 2 unspecified atom stereocenters. The van der Waals surface area contributed by atoms with Gasteiger partial charge in [-0.2, -0.15) is 0 Å². The summed E-state index contributed by atoms with van der Waals surface area (Å²) in [4.78, 5) is 27.7. The van der Waals surface area contributed by atoms with E-state index in [9.17, 15) is 20.0 Å². The summed E-state index contributed by atoms with van der Waals surface area (Å²) in [5.41, 5.74) is 0.810. The van der Waals surface area contributed by atoms with E-state index in [4.69, 9.17) is 10.7 Å². The third-order valence-corrected chi connectivity index (χ3v) is 3.73. The summed E-state index contributed by atoms with van der Waals surface area (Å²) in [7, 11) is 0. The maximum absolute atomic E-state index is 11.3. The van der Waals surface area contributed by atoms with Crippen molar-refractivity contribution in [3.8, 4) is 0 Å². The molecule has 3 N–H and O–H groups in total. The number of carboxylic acid groups (broad SMARTS) is 1. The SMILES string of the molecule is NOC1CCCN(C(=O)O)C1Cc1ccc([N+](=O)[O-])cc1. The predicted octanol–water partition coefficient (Wildman–Crippen LogP) is 1.54. The fourth-order valence-electron chi connectivity index (χ4n) is 2.65. The Balaban J connectivity index is 2.16. The zero-order valence-electron chi connectivity index (χ0n) is 11.3. The van der Waals surface area contributed by atoms with Crippen molar-refractivity contribution in [1.82, 2.24) is 4.90 Å². The molecule has 1 fully saturated rings. The lowest BCUT2D eigenvalue weighted by Crippen LogP contribution is -2.53. The standard InChI is InChI=1S/C13H17N3O5/c14-21-12-2-1-7-15(13(17)18)11(12)8-9-3-5-10(6-4-9)16(19)20/h3-6,11-12H,1-2,7-8,14H2,(H,17,18). The fraction of sp³-hybridized carbons (Fsp3) is 0.462. The van der Waals surface area contributed by atoms with Gasteiger partial charge in [0.15, 0.2) is 0 Å². The molecule has 0 saturated carbocycles. The lowest BCUT2D eigenvalue weighted by atomic mass is 9.93. The van der Waals surface area contributed by atoms with E-state index in [1.54, 1.807) is 12.1 Å².